The first-order chi connectivity index (χ1) is 11.3. The summed E-state index contributed by atoms with van der Waals surface area (Å²) in [6, 6.07) is 7.76. The number of aromatic nitrogens is 2. The van der Waals surface area contributed by atoms with Crippen LogP contribution >= 0.6 is 0 Å². The maximum Gasteiger partial charge on any atom is 0.119 e. The Balaban J connectivity index is 1.96. The Morgan fingerprint density at radius 1 is 1.17 bits per heavy atom. The molecule has 0 aliphatic carbocycles. The molecule has 0 radical (unpaired) electrons. The summed E-state index contributed by atoms with van der Waals surface area (Å²) in [6.45, 7) is 10.7. The number of nitrogens with one attached hydrogen (secondary N) is 1. The van der Waals surface area contributed by atoms with Gasteiger partial charge in [0.05, 0.1) is 17.9 Å². The number of benzene rings is 1. The zero-order valence-corrected chi connectivity index (χ0v) is 15.5. The van der Waals surface area contributed by atoms with Gasteiger partial charge in [0.25, 0.3) is 0 Å². The Morgan fingerprint density at radius 3 is 2.29 bits per heavy atom. The third-order valence-electron chi connectivity index (χ3n) is 4.25. The highest BCUT2D eigenvalue weighted by atomic mass is 16.5. The van der Waals surface area contributed by atoms with Crippen LogP contribution in [0, 0.1) is 13.8 Å². The van der Waals surface area contributed by atoms with E-state index in [0.29, 0.717) is 6.54 Å². The second-order valence-electron chi connectivity index (χ2n) is 6.59. The number of hydrogen-bond acceptors (Lipinski definition) is 4. The van der Waals surface area contributed by atoms with Crippen LogP contribution in [-0.2, 0) is 7.05 Å². The van der Waals surface area contributed by atoms with Gasteiger partial charge < -0.3 is 15.2 Å². The molecule has 2 atom stereocenters. The standard InChI is InChI=1S/C19H29N3O2/c1-12(2)24-17-9-7-16(8-10-17)18(23)11-20-13(3)19-14(4)21-22(6)15(19)5/h7-10,12-13,18,20,23H,11H2,1-6H3. The monoisotopic (exact) mass is 331 g/mol. The van der Waals surface area contributed by atoms with Crippen molar-refractivity contribution < 1.29 is 9.84 Å². The van der Waals surface area contributed by atoms with Crippen molar-refractivity contribution in [3.8, 4) is 5.75 Å². The van der Waals surface area contributed by atoms with Gasteiger partial charge >= 0.3 is 0 Å². The molecule has 5 nitrogen and oxygen atoms in total. The molecule has 1 heterocycles. The topological polar surface area (TPSA) is 59.3 Å². The van der Waals surface area contributed by atoms with Gasteiger partial charge in [0.15, 0.2) is 0 Å². The van der Waals surface area contributed by atoms with Crippen molar-refractivity contribution in [3.63, 3.8) is 0 Å². The van der Waals surface area contributed by atoms with E-state index >= 15 is 0 Å². The Hall–Kier alpha value is -1.85. The molecular formula is C19H29N3O2. The maximum absolute atomic E-state index is 10.4. The normalized spacial score (nSPS) is 14.0. The number of aliphatic hydroxyl groups excluding tert-OH is 1. The van der Waals surface area contributed by atoms with Crippen molar-refractivity contribution in [2.24, 2.45) is 7.05 Å². The van der Waals surface area contributed by atoms with Gasteiger partial charge in [0, 0.05) is 30.9 Å². The summed E-state index contributed by atoms with van der Waals surface area (Å²) in [7, 11) is 1.95. The minimum absolute atomic E-state index is 0.136. The van der Waals surface area contributed by atoms with Crippen molar-refractivity contribution in [3.05, 3.63) is 46.8 Å². The molecule has 132 valence electrons. The van der Waals surface area contributed by atoms with E-state index in [1.165, 1.54) is 5.56 Å². The molecule has 0 spiro atoms. The average molecular weight is 331 g/mol. The Labute approximate surface area is 144 Å². The second-order valence-corrected chi connectivity index (χ2v) is 6.59. The quantitative estimate of drug-likeness (QED) is 0.818. The first-order valence-corrected chi connectivity index (χ1v) is 8.47. The number of rotatable bonds is 7. The molecule has 2 aromatic rings. The van der Waals surface area contributed by atoms with Crippen LogP contribution in [0.25, 0.3) is 0 Å². The van der Waals surface area contributed by atoms with Crippen LogP contribution < -0.4 is 10.1 Å². The maximum atomic E-state index is 10.4. The lowest BCUT2D eigenvalue weighted by Gasteiger charge is -2.18. The molecule has 2 rings (SSSR count). The number of nitrogens with zero attached hydrogens (tertiary/aromatic N) is 2. The molecule has 1 aromatic heterocycles. The van der Waals surface area contributed by atoms with Crippen LogP contribution in [0.2, 0.25) is 0 Å². The summed E-state index contributed by atoms with van der Waals surface area (Å²) in [5.41, 5.74) is 4.26. The molecule has 0 saturated heterocycles. The highest BCUT2D eigenvalue weighted by Crippen LogP contribution is 2.22. The lowest BCUT2D eigenvalue weighted by atomic mass is 10.1. The Bertz CT molecular complexity index is 662. The number of aryl methyl sites for hydroxylation is 2. The zero-order valence-electron chi connectivity index (χ0n) is 15.5. The van der Waals surface area contributed by atoms with E-state index in [9.17, 15) is 5.11 Å². The Morgan fingerprint density at radius 2 is 1.79 bits per heavy atom. The van der Waals surface area contributed by atoms with Crippen molar-refractivity contribution in [2.45, 2.75) is 52.9 Å². The molecule has 0 fully saturated rings. The molecule has 0 aliphatic heterocycles. The van der Waals surface area contributed by atoms with Crippen molar-refractivity contribution in [1.82, 2.24) is 15.1 Å². The number of ether oxygens (including phenoxy) is 1. The van der Waals surface area contributed by atoms with Gasteiger partial charge in [0.2, 0.25) is 0 Å². The molecule has 0 aliphatic rings. The van der Waals surface area contributed by atoms with E-state index < -0.39 is 6.10 Å². The molecular weight excluding hydrogens is 302 g/mol. The predicted molar refractivity (Wildman–Crippen MR) is 96.3 cm³/mol. The molecule has 0 amide bonds. The summed E-state index contributed by atoms with van der Waals surface area (Å²) in [5.74, 6) is 0.823. The third-order valence-corrected chi connectivity index (χ3v) is 4.25. The van der Waals surface area contributed by atoms with Gasteiger partial charge in [-0.15, -0.1) is 0 Å². The molecule has 2 unspecified atom stereocenters. The van der Waals surface area contributed by atoms with E-state index in [1.54, 1.807) is 0 Å². The highest BCUT2D eigenvalue weighted by molar-refractivity contribution is 5.30. The minimum Gasteiger partial charge on any atom is -0.491 e. The van der Waals surface area contributed by atoms with Crippen LogP contribution in [0.1, 0.15) is 55.4 Å². The molecule has 0 bridgehead atoms. The highest BCUT2D eigenvalue weighted by Gasteiger charge is 2.17. The predicted octanol–water partition coefficient (Wildman–Crippen LogP) is 3.21. The fourth-order valence-corrected chi connectivity index (χ4v) is 2.97. The van der Waals surface area contributed by atoms with Gasteiger partial charge in [-0.25, -0.2) is 0 Å². The van der Waals surface area contributed by atoms with Gasteiger partial charge in [-0.1, -0.05) is 12.1 Å². The van der Waals surface area contributed by atoms with E-state index in [1.807, 2.05) is 56.8 Å². The van der Waals surface area contributed by atoms with Crippen LogP contribution in [0.5, 0.6) is 5.75 Å². The zero-order chi connectivity index (χ0) is 17.9. The second kappa shape index (κ2) is 7.81. The molecule has 24 heavy (non-hydrogen) atoms. The average Bonchev–Trinajstić information content (AvgIpc) is 2.77. The van der Waals surface area contributed by atoms with E-state index in [-0.39, 0.29) is 12.1 Å². The van der Waals surface area contributed by atoms with E-state index in [0.717, 1.165) is 22.7 Å². The summed E-state index contributed by atoms with van der Waals surface area (Å²) >= 11 is 0. The number of aliphatic hydroxyl groups is 1. The van der Waals surface area contributed by atoms with Crippen LogP contribution in [0.3, 0.4) is 0 Å². The molecule has 1 aromatic carbocycles. The van der Waals surface area contributed by atoms with Gasteiger partial charge in [0.1, 0.15) is 5.75 Å². The summed E-state index contributed by atoms with van der Waals surface area (Å²) in [5, 5.41) is 18.3. The van der Waals surface area contributed by atoms with Crippen molar-refractivity contribution in [1.29, 1.82) is 0 Å². The lowest BCUT2D eigenvalue weighted by molar-refractivity contribution is 0.170. The largest absolute Gasteiger partial charge is 0.491 e. The van der Waals surface area contributed by atoms with Crippen molar-refractivity contribution in [2.75, 3.05) is 6.54 Å². The smallest absolute Gasteiger partial charge is 0.119 e. The summed E-state index contributed by atoms with van der Waals surface area (Å²) in [6.07, 6.45) is -0.410. The van der Waals surface area contributed by atoms with Crippen LogP contribution in [0.4, 0.5) is 0 Å². The molecule has 5 heteroatoms. The fourth-order valence-electron chi connectivity index (χ4n) is 2.97. The lowest BCUT2D eigenvalue weighted by Crippen LogP contribution is -2.25. The first-order valence-electron chi connectivity index (χ1n) is 8.47. The SMILES string of the molecule is Cc1nn(C)c(C)c1C(C)NCC(O)c1ccc(OC(C)C)cc1. The molecule has 0 saturated carbocycles. The third kappa shape index (κ3) is 4.36. The van der Waals surface area contributed by atoms with Gasteiger partial charge in [-0.05, 0) is 52.3 Å². The first kappa shape index (κ1) is 18.5. The van der Waals surface area contributed by atoms with E-state index in [2.05, 4.69) is 24.3 Å². The van der Waals surface area contributed by atoms with Gasteiger partial charge in [-0.2, -0.15) is 5.10 Å². The summed E-state index contributed by atoms with van der Waals surface area (Å²) in [4.78, 5) is 0. The van der Waals surface area contributed by atoms with Crippen LogP contribution in [-0.4, -0.2) is 27.5 Å². The van der Waals surface area contributed by atoms with Gasteiger partial charge in [-0.3, -0.25) is 4.68 Å². The van der Waals surface area contributed by atoms with Crippen molar-refractivity contribution >= 4 is 0 Å². The molecule has 2 N–H and O–H groups in total. The Kier molecular flexibility index (Phi) is 6.02. The van der Waals surface area contributed by atoms with E-state index in [4.69, 9.17) is 4.74 Å². The number of hydrogen-bond donors (Lipinski definition) is 2. The minimum atomic E-state index is -0.558. The van der Waals surface area contributed by atoms with Crippen LogP contribution in [0.15, 0.2) is 24.3 Å². The fraction of sp³-hybridized carbons (Fsp3) is 0.526. The summed E-state index contributed by atoms with van der Waals surface area (Å²) < 4.78 is 7.52.